The molecule has 210 valence electrons. The fraction of sp³-hybridized carbons (Fsp3) is 0.440. The number of alkyl halides is 2. The molecule has 2 saturated heterocycles. The summed E-state index contributed by atoms with van der Waals surface area (Å²) in [6.45, 7) is 0.585. The van der Waals surface area contributed by atoms with Crippen LogP contribution in [0.3, 0.4) is 0 Å². The largest absolute Gasteiger partial charge is 0.444 e. The van der Waals surface area contributed by atoms with Crippen LogP contribution in [0.25, 0.3) is 0 Å². The number of hydroxylamine groups is 2. The van der Waals surface area contributed by atoms with Crippen LogP contribution in [0, 0.1) is 11.6 Å². The Balaban J connectivity index is 1.33. The summed E-state index contributed by atoms with van der Waals surface area (Å²) in [6.07, 6.45) is -2.20. The fourth-order valence-electron chi connectivity index (χ4n) is 4.28. The molecule has 3 heterocycles. The average Bonchev–Trinajstić information content (AvgIpc) is 3.11. The third-order valence-electron chi connectivity index (χ3n) is 6.27. The first kappa shape index (κ1) is 28.2. The molecule has 0 unspecified atom stereocenters. The zero-order chi connectivity index (χ0) is 27.9. The molecule has 2 fully saturated rings. The number of pyridine rings is 1. The lowest BCUT2D eigenvalue weighted by Gasteiger charge is -2.24. The van der Waals surface area contributed by atoms with Crippen molar-refractivity contribution in [2.24, 2.45) is 0 Å². The van der Waals surface area contributed by atoms with E-state index in [2.05, 4.69) is 10.3 Å². The Hall–Kier alpha value is -3.78. The third kappa shape index (κ3) is 7.20. The normalized spacial score (nSPS) is 17.9. The van der Waals surface area contributed by atoms with Crippen LogP contribution in [-0.2, 0) is 25.7 Å². The standard InChI is InChI=1S/C25H27F4N5O5/c26-19-11-17(33-15-18(39-25(33)37)1-2-21(35)24(28)29)12-20(27)23(19)32-7-8-34(38-10-9-32)22(36)14-31-13-16-3-5-30-6-4-16/h3-6,11-12,18,24,31H,1-2,7-10,13-15H2/t18-/m0/s1. The van der Waals surface area contributed by atoms with Gasteiger partial charge in [0.15, 0.2) is 17.4 Å². The number of rotatable bonds is 10. The Kier molecular flexibility index (Phi) is 9.30. The van der Waals surface area contributed by atoms with Gasteiger partial charge in [0.25, 0.3) is 12.3 Å². The van der Waals surface area contributed by atoms with E-state index in [1.165, 1.54) is 4.90 Å². The predicted molar refractivity (Wildman–Crippen MR) is 130 cm³/mol. The number of hydrogen-bond donors (Lipinski definition) is 1. The van der Waals surface area contributed by atoms with Crippen molar-refractivity contribution in [3.05, 3.63) is 53.9 Å². The Bertz CT molecular complexity index is 1170. The lowest BCUT2D eigenvalue weighted by molar-refractivity contribution is -0.180. The molecule has 1 aromatic carbocycles. The Morgan fingerprint density at radius 1 is 1.10 bits per heavy atom. The molecular formula is C25H27F4N5O5. The van der Waals surface area contributed by atoms with Crippen LogP contribution < -0.4 is 15.1 Å². The molecular weight excluding hydrogens is 526 g/mol. The van der Waals surface area contributed by atoms with Gasteiger partial charge < -0.3 is 15.0 Å². The number of carbonyl (C=O) groups is 3. The van der Waals surface area contributed by atoms with Crippen LogP contribution in [-0.4, -0.2) is 79.7 Å². The Morgan fingerprint density at radius 2 is 1.82 bits per heavy atom. The number of halogens is 4. The van der Waals surface area contributed by atoms with E-state index < -0.39 is 42.5 Å². The summed E-state index contributed by atoms with van der Waals surface area (Å²) in [6, 6.07) is 5.58. The summed E-state index contributed by atoms with van der Waals surface area (Å²) in [5.74, 6) is -3.48. The molecule has 2 aromatic rings. The molecule has 4 rings (SSSR count). The van der Waals surface area contributed by atoms with Gasteiger partial charge in [0, 0.05) is 50.6 Å². The van der Waals surface area contributed by atoms with Crippen molar-refractivity contribution in [3.63, 3.8) is 0 Å². The van der Waals surface area contributed by atoms with Crippen molar-refractivity contribution in [2.75, 3.05) is 49.1 Å². The summed E-state index contributed by atoms with van der Waals surface area (Å²) in [5, 5.41) is 4.17. The van der Waals surface area contributed by atoms with Crippen LogP contribution in [0.15, 0.2) is 36.7 Å². The van der Waals surface area contributed by atoms with E-state index in [1.54, 1.807) is 12.4 Å². The van der Waals surface area contributed by atoms with Gasteiger partial charge in [0.2, 0.25) is 0 Å². The van der Waals surface area contributed by atoms with E-state index in [9.17, 15) is 23.2 Å². The monoisotopic (exact) mass is 553 g/mol. The lowest BCUT2D eigenvalue weighted by Crippen LogP contribution is -2.39. The highest BCUT2D eigenvalue weighted by atomic mass is 19.3. The van der Waals surface area contributed by atoms with Crippen molar-refractivity contribution >= 4 is 29.2 Å². The number of benzene rings is 1. The second-order valence-corrected chi connectivity index (χ2v) is 8.96. The number of amides is 2. The van der Waals surface area contributed by atoms with Crippen LogP contribution in [0.1, 0.15) is 18.4 Å². The minimum atomic E-state index is -3.11. The zero-order valence-corrected chi connectivity index (χ0v) is 20.8. The summed E-state index contributed by atoms with van der Waals surface area (Å²) in [7, 11) is 0. The van der Waals surface area contributed by atoms with Crippen molar-refractivity contribution in [3.8, 4) is 0 Å². The number of aromatic nitrogens is 1. The van der Waals surface area contributed by atoms with Gasteiger partial charge in [-0.25, -0.2) is 27.4 Å². The summed E-state index contributed by atoms with van der Waals surface area (Å²) < 4.78 is 60.1. The van der Waals surface area contributed by atoms with Crippen LogP contribution in [0.4, 0.5) is 33.7 Å². The van der Waals surface area contributed by atoms with Crippen LogP contribution >= 0.6 is 0 Å². The van der Waals surface area contributed by atoms with E-state index in [-0.39, 0.29) is 63.0 Å². The molecule has 0 radical (unpaired) electrons. The van der Waals surface area contributed by atoms with E-state index in [0.29, 0.717) is 6.54 Å². The molecule has 14 heteroatoms. The number of hydrogen-bond acceptors (Lipinski definition) is 8. The van der Waals surface area contributed by atoms with E-state index in [4.69, 9.17) is 9.57 Å². The lowest BCUT2D eigenvalue weighted by atomic mass is 10.1. The molecule has 39 heavy (non-hydrogen) atoms. The first-order valence-electron chi connectivity index (χ1n) is 12.3. The third-order valence-corrected chi connectivity index (χ3v) is 6.27. The van der Waals surface area contributed by atoms with Gasteiger partial charge in [-0.15, -0.1) is 0 Å². The summed E-state index contributed by atoms with van der Waals surface area (Å²) in [4.78, 5) is 47.7. The summed E-state index contributed by atoms with van der Waals surface area (Å²) in [5.41, 5.74) is 0.512. The molecule has 0 saturated carbocycles. The maximum Gasteiger partial charge on any atom is 0.414 e. The fourth-order valence-corrected chi connectivity index (χ4v) is 4.28. The van der Waals surface area contributed by atoms with Gasteiger partial charge >= 0.3 is 6.09 Å². The predicted octanol–water partition coefficient (Wildman–Crippen LogP) is 2.67. The molecule has 2 aliphatic rings. The Labute approximate surface area is 221 Å². The number of carbonyl (C=O) groups excluding carboxylic acids is 3. The quantitative estimate of drug-likeness (QED) is 0.448. The van der Waals surface area contributed by atoms with Crippen LogP contribution in [0.5, 0.6) is 0 Å². The van der Waals surface area contributed by atoms with Gasteiger partial charge in [-0.05, 0) is 24.1 Å². The number of ether oxygens (including phenoxy) is 1. The minimum absolute atomic E-state index is 0.00294. The number of nitrogens with one attached hydrogen (secondary N) is 1. The average molecular weight is 554 g/mol. The number of nitrogens with zero attached hydrogens (tertiary/aromatic N) is 4. The zero-order valence-electron chi connectivity index (χ0n) is 20.8. The first-order chi connectivity index (χ1) is 18.7. The van der Waals surface area contributed by atoms with Gasteiger partial charge in [0.1, 0.15) is 11.8 Å². The van der Waals surface area contributed by atoms with E-state index in [1.807, 2.05) is 12.1 Å². The van der Waals surface area contributed by atoms with Crippen LogP contribution in [0.2, 0.25) is 0 Å². The van der Waals surface area contributed by atoms with E-state index >= 15 is 8.78 Å². The molecule has 0 spiro atoms. The Morgan fingerprint density at radius 3 is 2.51 bits per heavy atom. The number of ketones is 1. The van der Waals surface area contributed by atoms with Gasteiger partial charge in [-0.2, -0.15) is 0 Å². The number of Topliss-reactive ketones (excluding diaryl/α,β-unsaturated/α-hetero) is 1. The molecule has 10 nitrogen and oxygen atoms in total. The summed E-state index contributed by atoms with van der Waals surface area (Å²) >= 11 is 0. The van der Waals surface area contributed by atoms with Gasteiger partial charge in [-0.1, -0.05) is 0 Å². The van der Waals surface area contributed by atoms with Crippen molar-refractivity contribution in [1.82, 2.24) is 15.4 Å². The van der Waals surface area contributed by atoms with Crippen molar-refractivity contribution in [2.45, 2.75) is 31.9 Å². The second-order valence-electron chi connectivity index (χ2n) is 8.96. The SMILES string of the molecule is O=C(CC[C@H]1CN(c2cc(F)c(N3CCON(C(=O)CNCc4ccncc4)CC3)c(F)c2)C(=O)O1)C(F)F. The number of cyclic esters (lactones) is 1. The van der Waals surface area contributed by atoms with E-state index in [0.717, 1.165) is 27.7 Å². The maximum atomic E-state index is 15.1. The smallest absolute Gasteiger partial charge is 0.414 e. The highest BCUT2D eigenvalue weighted by Crippen LogP contribution is 2.32. The molecule has 2 amide bonds. The molecule has 1 aromatic heterocycles. The topological polar surface area (TPSA) is 104 Å². The van der Waals surface area contributed by atoms with Gasteiger partial charge in [0.05, 0.1) is 31.9 Å². The highest BCUT2D eigenvalue weighted by molar-refractivity contribution is 5.90. The highest BCUT2D eigenvalue weighted by Gasteiger charge is 2.34. The molecule has 1 N–H and O–H groups in total. The second kappa shape index (κ2) is 12.8. The van der Waals surface area contributed by atoms with Gasteiger partial charge in [-0.3, -0.25) is 24.3 Å². The molecule has 1 atom stereocenters. The molecule has 2 aliphatic heterocycles. The maximum absolute atomic E-state index is 15.1. The van der Waals surface area contributed by atoms with Crippen molar-refractivity contribution in [1.29, 1.82) is 0 Å². The molecule has 0 bridgehead atoms. The number of anilines is 2. The van der Waals surface area contributed by atoms with Crippen molar-refractivity contribution < 1.29 is 41.5 Å². The first-order valence-corrected chi connectivity index (χ1v) is 12.3. The molecule has 0 aliphatic carbocycles. The minimum Gasteiger partial charge on any atom is -0.444 e.